The highest BCUT2D eigenvalue weighted by Crippen LogP contribution is 2.36. The summed E-state index contributed by atoms with van der Waals surface area (Å²) >= 11 is 1.25. The molecule has 1 saturated carbocycles. The van der Waals surface area contributed by atoms with Crippen LogP contribution in [0.25, 0.3) is 11.1 Å². The monoisotopic (exact) mass is 674 g/mol. The minimum absolute atomic E-state index is 0.0332. The predicted octanol–water partition coefficient (Wildman–Crippen LogP) is 11.4. The maximum atomic E-state index is 14.2. The maximum Gasteiger partial charge on any atom is 0.197 e. The molecule has 0 saturated heterocycles. The number of hydrogen-bond donors (Lipinski definition) is 1. The zero-order valence-corrected chi connectivity index (χ0v) is 29.4. The van der Waals surface area contributed by atoms with Crippen molar-refractivity contribution in [1.82, 2.24) is 4.98 Å². The topological polar surface area (TPSA) is 70.5 Å². The fourth-order valence-electron chi connectivity index (χ4n) is 5.17. The lowest BCUT2D eigenvalue weighted by Crippen LogP contribution is -2.02. The summed E-state index contributed by atoms with van der Waals surface area (Å²) in [6, 6.07) is 29.0. The molecule has 1 aliphatic rings. The van der Waals surface area contributed by atoms with E-state index in [0.717, 1.165) is 22.7 Å². The molecule has 0 spiro atoms. The van der Waals surface area contributed by atoms with Crippen LogP contribution in [0, 0.1) is 18.6 Å². The van der Waals surface area contributed by atoms with Gasteiger partial charge >= 0.3 is 0 Å². The van der Waals surface area contributed by atoms with Gasteiger partial charge in [-0.25, -0.2) is 13.8 Å². The van der Waals surface area contributed by atoms with Gasteiger partial charge < -0.3 is 13.9 Å². The quantitative estimate of drug-likeness (QED) is 0.157. The van der Waals surface area contributed by atoms with E-state index in [0.29, 0.717) is 23.7 Å². The Hall–Kier alpha value is -3.98. The van der Waals surface area contributed by atoms with Gasteiger partial charge in [0.05, 0.1) is 6.61 Å². The normalized spacial score (nSPS) is 12.8. The van der Waals surface area contributed by atoms with Gasteiger partial charge in [0.2, 0.25) is 0 Å². The first-order chi connectivity index (χ1) is 23.4. The highest BCUT2D eigenvalue weighted by atomic mass is 32.2. The molecule has 1 heterocycles. The lowest BCUT2D eigenvalue weighted by Gasteiger charge is -2.14. The van der Waals surface area contributed by atoms with Gasteiger partial charge in [-0.2, -0.15) is 0 Å². The molecule has 1 aromatic heterocycles. The third-order valence-corrected chi connectivity index (χ3v) is 7.61. The minimum atomic E-state index is -0.501. The predicted molar refractivity (Wildman–Crippen MR) is 194 cm³/mol. The molecule has 0 bridgehead atoms. The number of rotatable bonds is 9. The van der Waals surface area contributed by atoms with Crippen molar-refractivity contribution in [3.05, 3.63) is 143 Å². The van der Waals surface area contributed by atoms with Gasteiger partial charge in [-0.15, -0.1) is 0 Å². The third-order valence-electron chi connectivity index (χ3n) is 7.61. The summed E-state index contributed by atoms with van der Waals surface area (Å²) in [5.74, 6) is 0.587. The fraction of sp³-hybridized carbons (Fsp3) is 0.325. The lowest BCUT2D eigenvalue weighted by atomic mass is 10.0. The molecule has 5 nitrogen and oxygen atoms in total. The molecule has 1 atom stereocenters. The number of halogens is 2. The fourth-order valence-corrected chi connectivity index (χ4v) is 5.17. The molecule has 1 unspecified atom stereocenters. The zero-order chi connectivity index (χ0) is 34.7. The Kier molecular flexibility index (Phi) is 16.9. The van der Waals surface area contributed by atoms with E-state index in [1.165, 1.54) is 55.3 Å². The van der Waals surface area contributed by atoms with Crippen molar-refractivity contribution in [3.8, 4) is 16.9 Å². The van der Waals surface area contributed by atoms with Gasteiger partial charge in [-0.1, -0.05) is 123 Å². The van der Waals surface area contributed by atoms with Gasteiger partial charge in [0.1, 0.15) is 30.5 Å². The van der Waals surface area contributed by atoms with Gasteiger partial charge in [0, 0.05) is 17.0 Å². The second-order valence-electron chi connectivity index (χ2n) is 11.1. The molecule has 0 aliphatic heterocycles. The summed E-state index contributed by atoms with van der Waals surface area (Å²) < 4.78 is 45.5. The molecular weight excluding hydrogens is 627 g/mol. The van der Waals surface area contributed by atoms with Crippen LogP contribution in [-0.2, 0) is 18.0 Å². The van der Waals surface area contributed by atoms with Crippen LogP contribution < -0.4 is 9.88 Å². The van der Waals surface area contributed by atoms with E-state index in [1.54, 1.807) is 30.5 Å². The Morgan fingerprint density at radius 1 is 0.833 bits per heavy atom. The summed E-state index contributed by atoms with van der Waals surface area (Å²) in [4.78, 5) is 4.61. The van der Waals surface area contributed by atoms with Gasteiger partial charge in [-0.05, 0) is 62.3 Å². The highest BCUT2D eigenvalue weighted by molar-refractivity contribution is 7.96. The molecule has 6 rings (SSSR count). The van der Waals surface area contributed by atoms with Crippen molar-refractivity contribution >= 4 is 11.9 Å². The van der Waals surface area contributed by atoms with Crippen LogP contribution in [0.15, 0.2) is 108 Å². The largest absolute Gasteiger partial charge is 0.485 e. The van der Waals surface area contributed by atoms with Gasteiger partial charge in [0.25, 0.3) is 0 Å². The van der Waals surface area contributed by atoms with Gasteiger partial charge in [0.15, 0.2) is 17.5 Å². The Labute approximate surface area is 289 Å². The van der Waals surface area contributed by atoms with Gasteiger partial charge in [-0.3, -0.25) is 5.14 Å². The maximum absolute atomic E-state index is 14.2. The van der Waals surface area contributed by atoms with Crippen molar-refractivity contribution in [2.75, 3.05) is 6.26 Å². The first kappa shape index (κ1) is 38.5. The molecule has 0 radical (unpaired) electrons. The molecular formula is C40H48F2N2O3S. The second kappa shape index (κ2) is 21.1. The Morgan fingerprint density at radius 2 is 1.44 bits per heavy atom. The number of nitrogens with two attached hydrogens (primary N) is 1. The van der Waals surface area contributed by atoms with Crippen molar-refractivity contribution in [3.63, 3.8) is 0 Å². The number of ether oxygens (including phenoxy) is 2. The minimum Gasteiger partial charge on any atom is -0.485 e. The van der Waals surface area contributed by atoms with Crippen molar-refractivity contribution in [2.24, 2.45) is 5.14 Å². The summed E-state index contributed by atoms with van der Waals surface area (Å²) in [5.41, 5.74) is 4.67. The van der Waals surface area contributed by atoms with Crippen LogP contribution in [-0.4, -0.2) is 11.2 Å². The van der Waals surface area contributed by atoms with Crippen LogP contribution in [0.3, 0.4) is 0 Å². The van der Waals surface area contributed by atoms with Crippen LogP contribution in [0.5, 0.6) is 5.75 Å². The van der Waals surface area contributed by atoms with E-state index in [-0.39, 0.29) is 18.5 Å². The van der Waals surface area contributed by atoms with E-state index in [1.807, 2.05) is 82.5 Å². The van der Waals surface area contributed by atoms with Crippen LogP contribution in [0.1, 0.15) is 86.8 Å². The summed E-state index contributed by atoms with van der Waals surface area (Å²) in [5, 5.41) is 4.76. The molecule has 8 heteroatoms. The first-order valence-electron chi connectivity index (χ1n) is 16.4. The van der Waals surface area contributed by atoms with E-state index < -0.39 is 11.6 Å². The smallest absolute Gasteiger partial charge is 0.197 e. The second-order valence-corrected chi connectivity index (χ2v) is 11.6. The number of oxazole rings is 1. The molecule has 0 amide bonds. The van der Waals surface area contributed by atoms with E-state index in [9.17, 15) is 8.78 Å². The Morgan fingerprint density at radius 3 is 2.06 bits per heavy atom. The molecule has 4 aromatic carbocycles. The van der Waals surface area contributed by atoms with Crippen molar-refractivity contribution in [1.29, 1.82) is 0 Å². The Bertz CT molecular complexity index is 1610. The number of aromatic nitrogens is 1. The highest BCUT2D eigenvalue weighted by Gasteiger charge is 2.23. The SMILES string of the molecule is CC.CC(OCc1ccccc1)c1coc(C2CCCC2)n1.CSN.Cc1ccc(F)c(-c2cccc(F)c2OCc2ccccc2)c1. The molecule has 1 aliphatic carbocycles. The average molecular weight is 675 g/mol. The van der Waals surface area contributed by atoms with E-state index >= 15 is 0 Å². The lowest BCUT2D eigenvalue weighted by molar-refractivity contribution is 0.0497. The molecule has 256 valence electrons. The van der Waals surface area contributed by atoms with Crippen molar-refractivity contribution < 1.29 is 22.7 Å². The summed E-state index contributed by atoms with van der Waals surface area (Å²) in [7, 11) is 0. The zero-order valence-electron chi connectivity index (χ0n) is 28.6. The van der Waals surface area contributed by atoms with Crippen LogP contribution in [0.4, 0.5) is 8.78 Å². The molecule has 1 fully saturated rings. The number of para-hydroxylation sites is 1. The number of hydrogen-bond acceptors (Lipinski definition) is 6. The number of aryl methyl sites for hydroxylation is 1. The average Bonchev–Trinajstić information content (AvgIpc) is 3.84. The van der Waals surface area contributed by atoms with Crippen LogP contribution in [0.2, 0.25) is 0 Å². The summed E-state index contributed by atoms with van der Waals surface area (Å²) in [6.07, 6.45) is 8.54. The third kappa shape index (κ3) is 11.9. The molecule has 2 N–H and O–H groups in total. The first-order valence-corrected chi connectivity index (χ1v) is 17.7. The number of nitrogens with zero attached hydrogens (tertiary/aromatic N) is 1. The van der Waals surface area contributed by atoms with E-state index in [2.05, 4.69) is 17.1 Å². The molecule has 48 heavy (non-hydrogen) atoms. The summed E-state index contributed by atoms with van der Waals surface area (Å²) in [6.45, 7) is 8.72. The number of benzene rings is 4. The standard InChI is InChI=1S/C20H16F2O.C17H21NO2.C2H6.CH5NS/c1-14-10-11-18(21)17(12-14)16-8-5-9-19(22)20(16)23-13-15-6-3-2-4-7-15;1-13(19-11-14-7-3-2-4-8-14)16-12-20-17(18-16)15-9-5-6-10-15;1-2;1-3-2/h2-12H,13H2,1H3;2-4,7-8,12-13,15H,5-6,9-11H2,1H3;1-2H3;2H2,1H3. The van der Waals surface area contributed by atoms with Crippen LogP contribution >= 0.6 is 11.9 Å². The van der Waals surface area contributed by atoms with Crippen molar-refractivity contribution in [2.45, 2.75) is 78.6 Å². The molecule has 5 aromatic rings. The van der Waals surface area contributed by atoms with E-state index in [4.69, 9.17) is 19.0 Å². The Balaban J connectivity index is 0.000000231.